The van der Waals surface area contributed by atoms with E-state index < -0.39 is 5.82 Å². The van der Waals surface area contributed by atoms with E-state index in [0.29, 0.717) is 18.3 Å². The molecule has 4 rings (SSSR count). The van der Waals surface area contributed by atoms with E-state index in [4.69, 9.17) is 0 Å². The molecule has 0 spiro atoms. The van der Waals surface area contributed by atoms with Gasteiger partial charge in [-0.25, -0.2) is 4.39 Å². The molecule has 152 valence electrons. The van der Waals surface area contributed by atoms with Crippen molar-refractivity contribution < 1.29 is 14.0 Å². The smallest absolute Gasteiger partial charge is 0.258 e. The molecule has 1 fully saturated rings. The molecule has 1 N–H and O–H groups in total. The third-order valence-electron chi connectivity index (χ3n) is 5.03. The van der Waals surface area contributed by atoms with E-state index in [-0.39, 0.29) is 23.8 Å². The average Bonchev–Trinajstić information content (AvgIpc) is 3.56. The summed E-state index contributed by atoms with van der Waals surface area (Å²) in [4.78, 5) is 27.1. The summed E-state index contributed by atoms with van der Waals surface area (Å²) in [5, 5.41) is 2.98. The van der Waals surface area contributed by atoms with Crippen molar-refractivity contribution in [1.82, 2.24) is 5.32 Å². The zero-order valence-electron chi connectivity index (χ0n) is 16.6. The molecule has 1 saturated carbocycles. The van der Waals surface area contributed by atoms with Crippen LogP contribution in [-0.2, 0) is 17.8 Å². The fourth-order valence-corrected chi connectivity index (χ4v) is 3.35. The van der Waals surface area contributed by atoms with Crippen molar-refractivity contribution in [3.8, 4) is 0 Å². The minimum Gasteiger partial charge on any atom is -0.353 e. The Morgan fingerprint density at radius 1 is 0.900 bits per heavy atom. The standard InChI is InChI=1S/C25H23FN2O2/c26-21-10-5-9-20(16-21)25(30)28(17-18-6-2-1-3-7-18)23-11-4-8-19(14-23)15-24(29)27-22-12-13-22/h1-11,14,16,22H,12-13,15,17H2,(H,27,29). The van der Waals surface area contributed by atoms with Crippen LogP contribution in [0, 0.1) is 5.82 Å². The molecular formula is C25H23FN2O2. The molecule has 0 aliphatic heterocycles. The number of nitrogens with one attached hydrogen (secondary N) is 1. The van der Waals surface area contributed by atoms with Crippen LogP contribution in [0.1, 0.15) is 34.3 Å². The second-order valence-corrected chi connectivity index (χ2v) is 7.58. The van der Waals surface area contributed by atoms with Crippen LogP contribution in [0.2, 0.25) is 0 Å². The van der Waals surface area contributed by atoms with Gasteiger partial charge < -0.3 is 10.2 Å². The first kappa shape index (κ1) is 19.8. The van der Waals surface area contributed by atoms with Gasteiger partial charge in [0.2, 0.25) is 5.91 Å². The minimum absolute atomic E-state index is 0.0132. The summed E-state index contributed by atoms with van der Waals surface area (Å²) in [6.07, 6.45) is 2.34. The zero-order valence-corrected chi connectivity index (χ0v) is 16.6. The number of rotatable bonds is 7. The van der Waals surface area contributed by atoms with Gasteiger partial charge in [-0.1, -0.05) is 48.5 Å². The number of carbonyl (C=O) groups excluding carboxylic acids is 2. The Labute approximate surface area is 175 Å². The maximum absolute atomic E-state index is 13.7. The normalized spacial score (nSPS) is 13.0. The zero-order chi connectivity index (χ0) is 20.9. The van der Waals surface area contributed by atoms with E-state index in [1.54, 1.807) is 11.0 Å². The van der Waals surface area contributed by atoms with Crippen LogP contribution in [-0.4, -0.2) is 17.9 Å². The summed E-state index contributed by atoms with van der Waals surface area (Å²) in [5.74, 6) is -0.760. The molecular weight excluding hydrogens is 379 g/mol. The van der Waals surface area contributed by atoms with E-state index >= 15 is 0 Å². The number of anilines is 1. The molecule has 0 unspecified atom stereocenters. The Morgan fingerprint density at radius 3 is 2.37 bits per heavy atom. The summed E-state index contributed by atoms with van der Waals surface area (Å²) in [6.45, 7) is 0.341. The van der Waals surface area contributed by atoms with Crippen molar-refractivity contribution in [1.29, 1.82) is 0 Å². The lowest BCUT2D eigenvalue weighted by Crippen LogP contribution is -2.31. The molecule has 3 aromatic rings. The number of halogens is 1. The second-order valence-electron chi connectivity index (χ2n) is 7.58. The summed E-state index contributed by atoms with van der Waals surface area (Å²) in [5.41, 5.74) is 2.74. The van der Waals surface area contributed by atoms with Crippen LogP contribution >= 0.6 is 0 Å². The van der Waals surface area contributed by atoms with Crippen LogP contribution in [0.4, 0.5) is 10.1 Å². The Morgan fingerprint density at radius 2 is 1.63 bits per heavy atom. The first-order valence-corrected chi connectivity index (χ1v) is 10.1. The maximum atomic E-state index is 13.7. The van der Waals surface area contributed by atoms with Gasteiger partial charge in [-0.2, -0.15) is 0 Å². The Balaban J connectivity index is 1.62. The van der Waals surface area contributed by atoms with Crippen LogP contribution in [0.25, 0.3) is 0 Å². The summed E-state index contributed by atoms with van der Waals surface area (Å²) in [6, 6.07) is 23.0. The van der Waals surface area contributed by atoms with Crippen molar-refractivity contribution in [3.05, 3.63) is 101 Å². The number of amides is 2. The molecule has 0 aromatic heterocycles. The average molecular weight is 402 g/mol. The highest BCUT2D eigenvalue weighted by Gasteiger charge is 2.23. The summed E-state index contributed by atoms with van der Waals surface area (Å²) in [7, 11) is 0. The lowest BCUT2D eigenvalue weighted by molar-refractivity contribution is -0.120. The van der Waals surface area contributed by atoms with Crippen LogP contribution in [0.5, 0.6) is 0 Å². The van der Waals surface area contributed by atoms with Gasteiger partial charge in [0.25, 0.3) is 5.91 Å². The van der Waals surface area contributed by atoms with Crippen molar-refractivity contribution in [2.24, 2.45) is 0 Å². The van der Waals surface area contributed by atoms with E-state index in [1.807, 2.05) is 54.6 Å². The lowest BCUT2D eigenvalue weighted by Gasteiger charge is -2.24. The van der Waals surface area contributed by atoms with E-state index in [9.17, 15) is 14.0 Å². The molecule has 1 aliphatic carbocycles. The quantitative estimate of drug-likeness (QED) is 0.633. The van der Waals surface area contributed by atoms with Crippen LogP contribution in [0.15, 0.2) is 78.9 Å². The minimum atomic E-state index is -0.453. The van der Waals surface area contributed by atoms with E-state index in [0.717, 1.165) is 24.0 Å². The fourth-order valence-electron chi connectivity index (χ4n) is 3.35. The SMILES string of the molecule is O=C(Cc1cccc(N(Cc2ccccc2)C(=O)c2cccc(F)c2)c1)NC1CC1. The summed E-state index contributed by atoms with van der Waals surface area (Å²) >= 11 is 0. The number of hydrogen-bond acceptors (Lipinski definition) is 2. The van der Waals surface area contributed by atoms with E-state index in [2.05, 4.69) is 5.32 Å². The molecule has 5 heteroatoms. The maximum Gasteiger partial charge on any atom is 0.258 e. The van der Waals surface area contributed by atoms with Crippen molar-refractivity contribution in [3.63, 3.8) is 0 Å². The van der Waals surface area contributed by atoms with Gasteiger partial charge in [0.15, 0.2) is 0 Å². The highest BCUT2D eigenvalue weighted by Crippen LogP contribution is 2.23. The molecule has 30 heavy (non-hydrogen) atoms. The monoisotopic (exact) mass is 402 g/mol. The van der Waals surface area contributed by atoms with Crippen molar-refractivity contribution in [2.45, 2.75) is 31.8 Å². The fraction of sp³-hybridized carbons (Fsp3) is 0.200. The Hall–Kier alpha value is -3.47. The molecule has 0 atom stereocenters. The van der Waals surface area contributed by atoms with Gasteiger partial charge in [0, 0.05) is 17.3 Å². The van der Waals surface area contributed by atoms with Crippen LogP contribution < -0.4 is 10.2 Å². The lowest BCUT2D eigenvalue weighted by atomic mass is 10.1. The molecule has 0 bridgehead atoms. The van der Waals surface area contributed by atoms with Gasteiger partial charge in [-0.3, -0.25) is 9.59 Å². The van der Waals surface area contributed by atoms with Gasteiger partial charge >= 0.3 is 0 Å². The van der Waals surface area contributed by atoms with Gasteiger partial charge in [0.1, 0.15) is 5.82 Å². The Bertz CT molecular complexity index is 1050. The number of nitrogens with zero attached hydrogens (tertiary/aromatic N) is 1. The molecule has 2 amide bonds. The highest BCUT2D eigenvalue weighted by molar-refractivity contribution is 6.06. The molecule has 0 radical (unpaired) electrons. The third kappa shape index (κ3) is 5.11. The van der Waals surface area contributed by atoms with Crippen LogP contribution in [0.3, 0.4) is 0 Å². The summed E-state index contributed by atoms with van der Waals surface area (Å²) < 4.78 is 13.7. The molecule has 1 aliphatic rings. The largest absolute Gasteiger partial charge is 0.353 e. The number of carbonyl (C=O) groups is 2. The predicted molar refractivity (Wildman–Crippen MR) is 115 cm³/mol. The van der Waals surface area contributed by atoms with Gasteiger partial charge in [0.05, 0.1) is 13.0 Å². The van der Waals surface area contributed by atoms with Gasteiger partial charge in [-0.15, -0.1) is 0 Å². The van der Waals surface area contributed by atoms with E-state index in [1.165, 1.54) is 18.2 Å². The molecule has 4 nitrogen and oxygen atoms in total. The first-order chi connectivity index (χ1) is 14.6. The molecule has 0 saturated heterocycles. The number of hydrogen-bond donors (Lipinski definition) is 1. The first-order valence-electron chi connectivity index (χ1n) is 10.1. The number of benzene rings is 3. The molecule has 0 heterocycles. The predicted octanol–water partition coefficient (Wildman–Crippen LogP) is 4.49. The second kappa shape index (κ2) is 8.91. The third-order valence-corrected chi connectivity index (χ3v) is 5.03. The van der Waals surface area contributed by atoms with Crippen molar-refractivity contribution >= 4 is 17.5 Å². The van der Waals surface area contributed by atoms with Crippen molar-refractivity contribution in [2.75, 3.05) is 4.90 Å². The molecule has 3 aromatic carbocycles. The highest BCUT2D eigenvalue weighted by atomic mass is 19.1. The topological polar surface area (TPSA) is 49.4 Å². The van der Waals surface area contributed by atoms with Gasteiger partial charge in [-0.05, 0) is 54.3 Å². The Kier molecular flexibility index (Phi) is 5.89.